The summed E-state index contributed by atoms with van der Waals surface area (Å²) in [6.45, 7) is 8.45. The summed E-state index contributed by atoms with van der Waals surface area (Å²) >= 11 is 12.3. The molecule has 2 aliphatic heterocycles. The van der Waals surface area contributed by atoms with E-state index < -0.39 is 35.1 Å². The van der Waals surface area contributed by atoms with E-state index in [0.29, 0.717) is 38.8 Å². The van der Waals surface area contributed by atoms with Gasteiger partial charge in [-0.25, -0.2) is 8.78 Å². The zero-order chi connectivity index (χ0) is 29.4. The smallest absolute Gasteiger partial charge is 0.240 e. The van der Waals surface area contributed by atoms with Crippen LogP contribution in [0, 0.1) is 34.3 Å². The summed E-state index contributed by atoms with van der Waals surface area (Å²) in [5, 5.41) is 14.4. The Hall–Kier alpha value is -2.53. The first kappa shape index (κ1) is 30.4. The number of nitrogens with zero attached hydrogens (tertiary/aromatic N) is 2. The molecular formula is C31H35Cl2F2N3O2. The number of piperidine rings is 1. The number of amides is 1. The predicted molar refractivity (Wildman–Crippen MR) is 152 cm³/mol. The van der Waals surface area contributed by atoms with Gasteiger partial charge >= 0.3 is 0 Å². The first-order chi connectivity index (χ1) is 18.8. The highest BCUT2D eigenvalue weighted by molar-refractivity contribution is 6.31. The molecule has 9 heteroatoms. The molecule has 2 aromatic carbocycles. The van der Waals surface area contributed by atoms with Gasteiger partial charge in [-0.05, 0) is 61.3 Å². The van der Waals surface area contributed by atoms with Crippen molar-refractivity contribution in [2.24, 2.45) is 11.3 Å². The molecular weight excluding hydrogens is 555 g/mol. The molecule has 0 saturated carbocycles. The second-order valence-corrected chi connectivity index (χ2v) is 13.2. The van der Waals surface area contributed by atoms with Crippen LogP contribution in [0.1, 0.15) is 70.4 Å². The number of nitriles is 1. The molecule has 2 unspecified atom stereocenters. The van der Waals surface area contributed by atoms with Crippen molar-refractivity contribution in [3.05, 3.63) is 69.2 Å². The van der Waals surface area contributed by atoms with Crippen molar-refractivity contribution in [2.75, 3.05) is 13.1 Å². The minimum absolute atomic E-state index is 0.0565. The monoisotopic (exact) mass is 589 g/mol. The third-order valence-corrected chi connectivity index (χ3v) is 8.74. The molecule has 4 rings (SSSR count). The third kappa shape index (κ3) is 5.91. The van der Waals surface area contributed by atoms with Crippen LogP contribution >= 0.6 is 23.2 Å². The Morgan fingerprint density at radius 2 is 1.82 bits per heavy atom. The number of nitrogens with one attached hydrogen (secondary N) is 1. The first-order valence-corrected chi connectivity index (χ1v) is 14.4. The van der Waals surface area contributed by atoms with Gasteiger partial charge in [-0.3, -0.25) is 4.79 Å². The molecule has 2 saturated heterocycles. The number of carbonyl (C=O) groups excluding carboxylic acids is 2. The summed E-state index contributed by atoms with van der Waals surface area (Å²) in [5.41, 5.74) is -1.83. The lowest BCUT2D eigenvalue weighted by Crippen LogP contribution is -2.50. The number of hydrogen-bond donors (Lipinski definition) is 1. The lowest BCUT2D eigenvalue weighted by Gasteiger charge is -2.38. The molecule has 0 aromatic heterocycles. The summed E-state index contributed by atoms with van der Waals surface area (Å²) in [6, 6.07) is 9.29. The van der Waals surface area contributed by atoms with Gasteiger partial charge in [0.1, 0.15) is 22.8 Å². The molecule has 4 atom stereocenters. The highest BCUT2D eigenvalue weighted by Gasteiger charge is 2.61. The van der Waals surface area contributed by atoms with Crippen molar-refractivity contribution in [2.45, 2.75) is 76.8 Å². The van der Waals surface area contributed by atoms with E-state index in [0.717, 1.165) is 6.07 Å². The summed E-state index contributed by atoms with van der Waals surface area (Å²) in [7, 11) is 0. The SMILES string of the molecule is CC(=O)CC1CCN(C(=O)[C@@H]2NC(CC(C)(C)C)[C@](C#N)(c3ccc(Cl)cc3F)C2c2cccc(Cl)c2F)CC1. The number of carbonyl (C=O) groups is 2. The van der Waals surface area contributed by atoms with E-state index in [2.05, 4.69) is 11.4 Å². The van der Waals surface area contributed by atoms with Gasteiger partial charge in [0.15, 0.2) is 0 Å². The van der Waals surface area contributed by atoms with E-state index >= 15 is 8.78 Å². The van der Waals surface area contributed by atoms with E-state index in [4.69, 9.17) is 23.2 Å². The van der Waals surface area contributed by atoms with E-state index in [9.17, 15) is 14.9 Å². The number of rotatable bonds is 6. The zero-order valence-corrected chi connectivity index (χ0v) is 24.8. The summed E-state index contributed by atoms with van der Waals surface area (Å²) < 4.78 is 31.5. The standard InChI is InChI=1S/C31H35Cl2F2N3O2/c1-18(39)14-19-10-12-38(13-11-19)29(40)28-26(21-6-5-7-23(33)27(21)35)31(17-36,25(37-28)16-30(2,3)4)22-9-8-20(32)15-24(22)34/h5-9,15,19,25-26,28,37H,10-14,16H2,1-4H3/t25?,26?,28-,31+/m1/s1. The van der Waals surface area contributed by atoms with Gasteiger partial charge < -0.3 is 15.0 Å². The molecule has 2 fully saturated rings. The number of halogens is 4. The van der Waals surface area contributed by atoms with Crippen LogP contribution in [0.2, 0.25) is 10.0 Å². The lowest BCUT2D eigenvalue weighted by atomic mass is 9.62. The van der Waals surface area contributed by atoms with Gasteiger partial charge in [-0.15, -0.1) is 0 Å². The largest absolute Gasteiger partial charge is 0.341 e. The molecule has 0 radical (unpaired) electrons. The Labute approximate surface area is 244 Å². The second-order valence-electron chi connectivity index (χ2n) is 12.4. The Balaban J connectivity index is 1.87. The first-order valence-electron chi connectivity index (χ1n) is 13.6. The quantitative estimate of drug-likeness (QED) is 0.401. The Bertz CT molecular complexity index is 1330. The maximum absolute atomic E-state index is 15.8. The van der Waals surface area contributed by atoms with Crippen LogP contribution < -0.4 is 5.32 Å². The van der Waals surface area contributed by atoms with Gasteiger partial charge in [0.05, 0.1) is 17.1 Å². The molecule has 214 valence electrons. The molecule has 0 spiro atoms. The number of benzene rings is 2. The molecule has 2 aliphatic rings. The van der Waals surface area contributed by atoms with Crippen LogP contribution in [0.25, 0.3) is 0 Å². The molecule has 1 N–H and O–H groups in total. The summed E-state index contributed by atoms with van der Waals surface area (Å²) in [6.07, 6.45) is 2.23. The van der Waals surface area contributed by atoms with Crippen LogP contribution in [0.4, 0.5) is 8.78 Å². The van der Waals surface area contributed by atoms with E-state index in [1.54, 1.807) is 17.9 Å². The van der Waals surface area contributed by atoms with Crippen LogP contribution in [0.15, 0.2) is 36.4 Å². The fraction of sp³-hybridized carbons (Fsp3) is 0.516. The van der Waals surface area contributed by atoms with Gasteiger partial charge in [0, 0.05) is 42.1 Å². The minimum Gasteiger partial charge on any atom is -0.341 e. The van der Waals surface area contributed by atoms with E-state index in [-0.39, 0.29) is 44.2 Å². The van der Waals surface area contributed by atoms with Crippen LogP contribution in [-0.2, 0) is 15.0 Å². The van der Waals surface area contributed by atoms with Crippen molar-refractivity contribution >= 4 is 34.9 Å². The van der Waals surface area contributed by atoms with Crippen molar-refractivity contribution in [1.29, 1.82) is 5.26 Å². The minimum atomic E-state index is -1.65. The van der Waals surface area contributed by atoms with Gasteiger partial charge in [0.25, 0.3) is 0 Å². The molecule has 2 heterocycles. The molecule has 2 aromatic rings. The number of hydrogen-bond acceptors (Lipinski definition) is 4. The van der Waals surface area contributed by atoms with Crippen molar-refractivity contribution in [1.82, 2.24) is 10.2 Å². The Morgan fingerprint density at radius 1 is 1.15 bits per heavy atom. The van der Waals surface area contributed by atoms with Crippen LogP contribution in [0.5, 0.6) is 0 Å². The summed E-state index contributed by atoms with van der Waals surface area (Å²) in [5.74, 6) is -2.47. The molecule has 0 bridgehead atoms. The highest BCUT2D eigenvalue weighted by Crippen LogP contribution is 2.53. The maximum Gasteiger partial charge on any atom is 0.240 e. The highest BCUT2D eigenvalue weighted by atomic mass is 35.5. The predicted octanol–water partition coefficient (Wildman–Crippen LogP) is 6.81. The average Bonchev–Trinajstić information content (AvgIpc) is 3.18. The molecule has 0 aliphatic carbocycles. The average molecular weight is 591 g/mol. The Morgan fingerprint density at radius 3 is 2.40 bits per heavy atom. The van der Waals surface area contributed by atoms with Crippen molar-refractivity contribution in [3.63, 3.8) is 0 Å². The zero-order valence-electron chi connectivity index (χ0n) is 23.2. The van der Waals surface area contributed by atoms with E-state index in [1.165, 1.54) is 24.3 Å². The van der Waals surface area contributed by atoms with Crippen molar-refractivity contribution in [3.8, 4) is 6.07 Å². The molecule has 5 nitrogen and oxygen atoms in total. The fourth-order valence-corrected chi connectivity index (χ4v) is 6.84. The normalized spacial score (nSPS) is 25.6. The van der Waals surface area contributed by atoms with Gasteiger partial charge in [-0.1, -0.05) is 62.2 Å². The topological polar surface area (TPSA) is 73.2 Å². The maximum atomic E-state index is 15.8. The Kier molecular flexibility index (Phi) is 8.94. The number of likely N-dealkylation sites (tertiary alicyclic amines) is 1. The fourth-order valence-electron chi connectivity index (χ4n) is 6.50. The summed E-state index contributed by atoms with van der Waals surface area (Å²) in [4.78, 5) is 27.6. The van der Waals surface area contributed by atoms with Gasteiger partial charge in [0.2, 0.25) is 5.91 Å². The second kappa shape index (κ2) is 11.8. The molecule has 40 heavy (non-hydrogen) atoms. The number of ketones is 1. The molecule has 1 amide bonds. The third-order valence-electron chi connectivity index (χ3n) is 8.22. The van der Waals surface area contributed by atoms with Crippen LogP contribution in [-0.4, -0.2) is 41.8 Å². The van der Waals surface area contributed by atoms with Crippen molar-refractivity contribution < 1.29 is 18.4 Å². The van der Waals surface area contributed by atoms with Gasteiger partial charge in [-0.2, -0.15) is 5.26 Å². The number of Topliss-reactive ketones (excluding diaryl/α,β-unsaturated/α-hetero) is 1. The lowest BCUT2D eigenvalue weighted by molar-refractivity contribution is -0.135. The van der Waals surface area contributed by atoms with E-state index in [1.807, 2.05) is 20.8 Å². The van der Waals surface area contributed by atoms with Crippen LogP contribution in [0.3, 0.4) is 0 Å².